The van der Waals surface area contributed by atoms with Crippen LogP contribution in [0.15, 0.2) is 12.4 Å². The fourth-order valence-corrected chi connectivity index (χ4v) is 1.32. The van der Waals surface area contributed by atoms with Crippen molar-refractivity contribution < 1.29 is 0 Å². The van der Waals surface area contributed by atoms with Gasteiger partial charge in [0.25, 0.3) is 0 Å². The molecule has 0 aliphatic rings. The van der Waals surface area contributed by atoms with E-state index in [9.17, 15) is 0 Å². The fourth-order valence-electron chi connectivity index (χ4n) is 1.20. The van der Waals surface area contributed by atoms with Gasteiger partial charge in [-0.3, -0.25) is 0 Å². The van der Waals surface area contributed by atoms with Crippen LogP contribution in [0.25, 0.3) is 0 Å². The molecule has 3 N–H and O–H groups in total. The Morgan fingerprint density at radius 1 is 1.40 bits per heavy atom. The molecular formula is C9H15N5S. The van der Waals surface area contributed by atoms with Gasteiger partial charge >= 0.3 is 0 Å². The van der Waals surface area contributed by atoms with E-state index >= 15 is 0 Å². The zero-order chi connectivity index (χ0) is 11.3. The van der Waals surface area contributed by atoms with Crippen LogP contribution >= 0.6 is 12.2 Å². The molecule has 5 nitrogen and oxygen atoms in total. The van der Waals surface area contributed by atoms with Crippen LogP contribution in [0.2, 0.25) is 0 Å². The van der Waals surface area contributed by atoms with E-state index in [0.29, 0.717) is 11.6 Å². The topological polar surface area (TPSA) is 67.1 Å². The molecule has 15 heavy (non-hydrogen) atoms. The Hall–Kier alpha value is -1.43. The third-order valence-corrected chi connectivity index (χ3v) is 2.05. The summed E-state index contributed by atoms with van der Waals surface area (Å²) in [5, 5.41) is 2.99. The van der Waals surface area contributed by atoms with Gasteiger partial charge in [-0.15, -0.1) is 0 Å². The van der Waals surface area contributed by atoms with E-state index in [4.69, 9.17) is 18.0 Å². The zero-order valence-electron chi connectivity index (χ0n) is 8.90. The van der Waals surface area contributed by atoms with Gasteiger partial charge in [0.2, 0.25) is 5.95 Å². The van der Waals surface area contributed by atoms with Gasteiger partial charge in [0, 0.05) is 13.1 Å². The summed E-state index contributed by atoms with van der Waals surface area (Å²) in [5.74, 6) is 0.716. The van der Waals surface area contributed by atoms with E-state index in [1.807, 2.05) is 0 Å². The molecule has 6 heteroatoms. The first-order valence-corrected chi connectivity index (χ1v) is 5.21. The Kier molecular flexibility index (Phi) is 4.23. The van der Waals surface area contributed by atoms with Crippen molar-refractivity contribution in [2.45, 2.75) is 13.8 Å². The van der Waals surface area contributed by atoms with Crippen molar-refractivity contribution >= 4 is 29.0 Å². The first-order chi connectivity index (χ1) is 7.17. The fraction of sp³-hybridized carbons (Fsp3) is 0.444. The summed E-state index contributed by atoms with van der Waals surface area (Å²) < 4.78 is 0. The number of rotatable bonds is 4. The van der Waals surface area contributed by atoms with Crippen LogP contribution in [0, 0.1) is 0 Å². The van der Waals surface area contributed by atoms with Gasteiger partial charge in [-0.05, 0) is 26.1 Å². The van der Waals surface area contributed by atoms with E-state index in [2.05, 4.69) is 34.0 Å². The van der Waals surface area contributed by atoms with Crippen molar-refractivity contribution in [1.82, 2.24) is 9.97 Å². The molecule has 0 aliphatic heterocycles. The Balaban J connectivity index is 2.75. The van der Waals surface area contributed by atoms with Crippen LogP contribution in [0.1, 0.15) is 13.8 Å². The summed E-state index contributed by atoms with van der Waals surface area (Å²) >= 11 is 4.71. The summed E-state index contributed by atoms with van der Waals surface area (Å²) in [6, 6.07) is 0. The highest BCUT2D eigenvalue weighted by molar-refractivity contribution is 7.80. The number of hydrogen-bond acceptors (Lipinski definition) is 4. The van der Waals surface area contributed by atoms with Crippen LogP contribution in [0.4, 0.5) is 11.6 Å². The summed E-state index contributed by atoms with van der Waals surface area (Å²) in [6.07, 6.45) is 3.33. The molecule has 0 atom stereocenters. The predicted molar refractivity (Wildman–Crippen MR) is 66.0 cm³/mol. The lowest BCUT2D eigenvalue weighted by Gasteiger charge is -2.18. The van der Waals surface area contributed by atoms with Crippen molar-refractivity contribution in [2.75, 3.05) is 23.3 Å². The summed E-state index contributed by atoms with van der Waals surface area (Å²) in [5.41, 5.74) is 6.04. The van der Waals surface area contributed by atoms with E-state index in [0.717, 1.165) is 13.1 Å². The minimum Gasteiger partial charge on any atom is -0.376 e. The molecule has 0 bridgehead atoms. The first-order valence-electron chi connectivity index (χ1n) is 4.80. The maximum atomic E-state index is 5.33. The molecule has 0 unspecified atom stereocenters. The van der Waals surface area contributed by atoms with Crippen molar-refractivity contribution in [3.63, 3.8) is 0 Å². The lowest BCUT2D eigenvalue weighted by atomic mass is 10.5. The van der Waals surface area contributed by atoms with Crippen LogP contribution in [-0.2, 0) is 0 Å². The Bertz CT molecular complexity index is 320. The van der Waals surface area contributed by atoms with Crippen molar-refractivity contribution in [1.29, 1.82) is 0 Å². The lowest BCUT2D eigenvalue weighted by molar-refractivity contribution is 0.821. The van der Waals surface area contributed by atoms with Gasteiger partial charge in [0.15, 0.2) is 5.11 Å². The Morgan fingerprint density at radius 2 is 1.93 bits per heavy atom. The Labute approximate surface area is 94.7 Å². The minimum absolute atomic E-state index is 0.217. The maximum absolute atomic E-state index is 5.33. The highest BCUT2D eigenvalue weighted by Gasteiger charge is 2.04. The molecular weight excluding hydrogens is 210 g/mol. The largest absolute Gasteiger partial charge is 0.376 e. The van der Waals surface area contributed by atoms with Crippen molar-refractivity contribution in [2.24, 2.45) is 5.73 Å². The number of hydrogen-bond donors (Lipinski definition) is 2. The molecule has 0 aliphatic carbocycles. The van der Waals surface area contributed by atoms with Crippen molar-refractivity contribution in [3.05, 3.63) is 12.4 Å². The quantitative estimate of drug-likeness (QED) is 0.745. The van der Waals surface area contributed by atoms with E-state index in [-0.39, 0.29) is 5.11 Å². The third-order valence-electron chi connectivity index (χ3n) is 1.95. The molecule has 1 rings (SSSR count). The molecule has 1 aromatic heterocycles. The molecule has 0 spiro atoms. The molecule has 0 saturated carbocycles. The summed E-state index contributed by atoms with van der Waals surface area (Å²) in [4.78, 5) is 10.5. The van der Waals surface area contributed by atoms with Crippen LogP contribution < -0.4 is 16.0 Å². The second-order valence-electron chi connectivity index (χ2n) is 2.93. The van der Waals surface area contributed by atoms with Crippen LogP contribution in [0.5, 0.6) is 0 Å². The van der Waals surface area contributed by atoms with E-state index < -0.39 is 0 Å². The maximum Gasteiger partial charge on any atom is 0.225 e. The zero-order valence-corrected chi connectivity index (χ0v) is 9.71. The molecule has 0 saturated heterocycles. The standard InChI is InChI=1S/C9H15N5S/c1-3-14(4-2)9-11-5-7(6-12-9)13-8(10)15/h5-6H,3-4H2,1-2H3,(H3,10,13,15). The normalized spacial score (nSPS) is 9.73. The molecule has 1 heterocycles. The smallest absolute Gasteiger partial charge is 0.225 e. The molecule has 0 radical (unpaired) electrons. The number of aromatic nitrogens is 2. The van der Waals surface area contributed by atoms with Crippen LogP contribution in [-0.4, -0.2) is 28.2 Å². The number of nitrogens with zero attached hydrogens (tertiary/aromatic N) is 3. The summed E-state index contributed by atoms with van der Waals surface area (Å²) in [6.45, 7) is 5.90. The Morgan fingerprint density at radius 3 is 2.33 bits per heavy atom. The second kappa shape index (κ2) is 5.45. The number of anilines is 2. The molecule has 1 aromatic rings. The van der Waals surface area contributed by atoms with Gasteiger partial charge in [0.05, 0.1) is 18.1 Å². The van der Waals surface area contributed by atoms with Gasteiger partial charge in [-0.1, -0.05) is 0 Å². The average Bonchev–Trinajstić information content (AvgIpc) is 2.21. The molecule has 0 fully saturated rings. The molecule has 82 valence electrons. The van der Waals surface area contributed by atoms with Gasteiger partial charge < -0.3 is 16.0 Å². The SMILES string of the molecule is CCN(CC)c1ncc(NC(N)=S)cn1. The van der Waals surface area contributed by atoms with E-state index in [1.54, 1.807) is 12.4 Å². The number of nitrogens with one attached hydrogen (secondary N) is 1. The van der Waals surface area contributed by atoms with Crippen LogP contribution in [0.3, 0.4) is 0 Å². The van der Waals surface area contributed by atoms with Gasteiger partial charge in [-0.25, -0.2) is 9.97 Å². The average molecular weight is 225 g/mol. The van der Waals surface area contributed by atoms with Gasteiger partial charge in [0.1, 0.15) is 0 Å². The van der Waals surface area contributed by atoms with E-state index in [1.165, 1.54) is 0 Å². The molecule has 0 aromatic carbocycles. The summed E-state index contributed by atoms with van der Waals surface area (Å²) in [7, 11) is 0. The third kappa shape index (κ3) is 3.32. The molecule has 0 amide bonds. The lowest BCUT2D eigenvalue weighted by Crippen LogP contribution is -2.24. The highest BCUT2D eigenvalue weighted by atomic mass is 32.1. The number of nitrogens with two attached hydrogens (primary N) is 1. The highest BCUT2D eigenvalue weighted by Crippen LogP contribution is 2.09. The second-order valence-corrected chi connectivity index (χ2v) is 3.37. The number of thiocarbonyl (C=S) groups is 1. The first kappa shape index (κ1) is 11.6. The minimum atomic E-state index is 0.217. The predicted octanol–water partition coefficient (Wildman–Crippen LogP) is 0.978. The van der Waals surface area contributed by atoms with Crippen molar-refractivity contribution in [3.8, 4) is 0 Å². The monoisotopic (exact) mass is 225 g/mol. The van der Waals surface area contributed by atoms with Gasteiger partial charge in [-0.2, -0.15) is 0 Å².